The van der Waals surface area contributed by atoms with Crippen LogP contribution in [0.2, 0.25) is 0 Å². The van der Waals surface area contributed by atoms with E-state index >= 15 is 0 Å². The molecule has 0 bridgehead atoms. The van der Waals surface area contributed by atoms with Gasteiger partial charge in [0.25, 0.3) is 0 Å². The molecule has 0 aliphatic heterocycles. The highest BCUT2D eigenvalue weighted by molar-refractivity contribution is 7.93. The lowest BCUT2D eigenvalue weighted by molar-refractivity contribution is 0.107. The second-order valence-corrected chi connectivity index (χ2v) is 12.0. The fraction of sp³-hybridized carbons (Fsp3) is 0.321. The van der Waals surface area contributed by atoms with Crippen LogP contribution >= 0.6 is 7.14 Å². The van der Waals surface area contributed by atoms with E-state index in [2.05, 4.69) is 27.7 Å². The quantitative estimate of drug-likeness (QED) is 0.379. The van der Waals surface area contributed by atoms with Gasteiger partial charge in [-0.05, 0) is 42.7 Å². The molecule has 0 aliphatic carbocycles. The van der Waals surface area contributed by atoms with Crippen molar-refractivity contribution in [1.82, 2.24) is 0 Å². The van der Waals surface area contributed by atoms with Gasteiger partial charge in [0.15, 0.2) is 0 Å². The third kappa shape index (κ3) is 5.43. The van der Waals surface area contributed by atoms with Crippen molar-refractivity contribution in [3.8, 4) is 0 Å². The largest absolute Gasteiger partial charge is 0.305 e. The van der Waals surface area contributed by atoms with E-state index in [1.165, 1.54) is 11.1 Å². The first-order valence-electron chi connectivity index (χ1n) is 11.1. The second-order valence-electron chi connectivity index (χ2n) is 9.31. The van der Waals surface area contributed by atoms with Crippen LogP contribution < -0.4 is 10.6 Å². The molecule has 2 nitrogen and oxygen atoms in total. The van der Waals surface area contributed by atoms with Crippen molar-refractivity contribution < 1.29 is 9.36 Å². The predicted molar refractivity (Wildman–Crippen MR) is 132 cm³/mol. The van der Waals surface area contributed by atoms with Crippen LogP contribution in [0.1, 0.15) is 54.7 Å². The Morgan fingerprint density at radius 3 is 1.48 bits per heavy atom. The highest BCUT2D eigenvalue weighted by atomic mass is 31.2. The number of rotatable bonds is 8. The number of carbonyl (C=O) groups excluding carboxylic acids is 1. The lowest BCUT2D eigenvalue weighted by Crippen LogP contribution is -2.23. The van der Waals surface area contributed by atoms with Gasteiger partial charge < -0.3 is 4.57 Å². The number of hydrogen-bond donors (Lipinski definition) is 0. The molecule has 0 aromatic heterocycles. The van der Waals surface area contributed by atoms with Crippen molar-refractivity contribution in [3.63, 3.8) is 0 Å². The Bertz CT molecular complexity index is 1060. The average molecular weight is 433 g/mol. The molecule has 3 aromatic carbocycles. The van der Waals surface area contributed by atoms with Crippen molar-refractivity contribution in [2.24, 2.45) is 11.8 Å². The Balaban J connectivity index is 2.05. The molecule has 3 heteroatoms. The maximum atomic E-state index is 14.5. The van der Waals surface area contributed by atoms with Crippen LogP contribution in [0.5, 0.6) is 0 Å². The molecule has 0 saturated heterocycles. The third-order valence-corrected chi connectivity index (χ3v) is 8.35. The molecule has 31 heavy (non-hydrogen) atoms. The van der Waals surface area contributed by atoms with Gasteiger partial charge >= 0.3 is 0 Å². The maximum Gasteiger partial charge on any atom is 0.230 e. The molecule has 162 valence electrons. The smallest absolute Gasteiger partial charge is 0.230 e. The molecule has 3 rings (SSSR count). The van der Waals surface area contributed by atoms with Crippen LogP contribution in [-0.2, 0) is 17.4 Å². The molecule has 0 amide bonds. The molecule has 0 N–H and O–H groups in total. The molecule has 0 fully saturated rings. The Hall–Kier alpha value is -2.44. The minimum absolute atomic E-state index is 0.302. The zero-order chi connectivity index (χ0) is 22.6. The molecule has 1 unspecified atom stereocenters. The maximum absolute atomic E-state index is 14.5. The highest BCUT2D eigenvalue weighted by Gasteiger charge is 2.36. The van der Waals surface area contributed by atoms with Gasteiger partial charge in [0.2, 0.25) is 12.7 Å². The van der Waals surface area contributed by atoms with Crippen LogP contribution in [0, 0.1) is 18.8 Å². The molecular formula is C28H33O2P. The molecule has 0 heterocycles. The van der Waals surface area contributed by atoms with Crippen LogP contribution in [0.15, 0.2) is 72.8 Å². The van der Waals surface area contributed by atoms with Gasteiger partial charge in [-0.25, -0.2) is 0 Å². The Labute approximate surface area is 187 Å². The minimum Gasteiger partial charge on any atom is -0.305 e. The number of benzene rings is 3. The summed E-state index contributed by atoms with van der Waals surface area (Å²) < 4.78 is 14.5. The number of aryl methyl sites for hydroxylation is 1. The van der Waals surface area contributed by atoms with Gasteiger partial charge in [-0.15, -0.1) is 0 Å². The average Bonchev–Trinajstić information content (AvgIpc) is 2.73. The fourth-order valence-corrected chi connectivity index (χ4v) is 6.31. The summed E-state index contributed by atoms with van der Waals surface area (Å²) in [5.41, 5.74) is 3.66. The first-order chi connectivity index (χ1) is 14.7. The topological polar surface area (TPSA) is 34.1 Å². The lowest BCUT2D eigenvalue weighted by Gasteiger charge is -2.19. The van der Waals surface area contributed by atoms with E-state index in [1.807, 2.05) is 79.7 Å². The summed E-state index contributed by atoms with van der Waals surface area (Å²) in [5, 5.41) is 1.19. The highest BCUT2D eigenvalue weighted by Crippen LogP contribution is 2.47. The molecule has 3 aromatic rings. The molecule has 0 radical (unpaired) electrons. The number of hydrogen-bond acceptors (Lipinski definition) is 2. The van der Waals surface area contributed by atoms with Crippen molar-refractivity contribution in [3.05, 3.63) is 95.1 Å². The predicted octanol–water partition coefficient (Wildman–Crippen LogP) is 6.55. The van der Waals surface area contributed by atoms with Crippen LogP contribution in [0.25, 0.3) is 0 Å². The SMILES string of the molecule is Cc1ccc(P(=O)(C(=O)c2ccc(CC(C)C)cc2)c2ccc(CC(C)C)cc2)cc1. The molecule has 1 atom stereocenters. The summed E-state index contributed by atoms with van der Waals surface area (Å²) >= 11 is 0. The zero-order valence-electron chi connectivity index (χ0n) is 19.3. The van der Waals surface area contributed by atoms with Gasteiger partial charge in [-0.2, -0.15) is 0 Å². The molecule has 0 aliphatic rings. The summed E-state index contributed by atoms with van der Waals surface area (Å²) in [5.74, 6) is 1.09. The van der Waals surface area contributed by atoms with Gasteiger partial charge in [-0.3, -0.25) is 4.79 Å². The fourth-order valence-electron chi connectivity index (χ4n) is 3.89. The van der Waals surface area contributed by atoms with Crippen molar-refractivity contribution in [2.75, 3.05) is 0 Å². The molecule has 0 saturated carbocycles. The van der Waals surface area contributed by atoms with E-state index in [1.54, 1.807) is 0 Å². The Morgan fingerprint density at radius 2 is 1.06 bits per heavy atom. The van der Waals surface area contributed by atoms with Crippen molar-refractivity contribution in [1.29, 1.82) is 0 Å². The summed E-state index contributed by atoms with van der Waals surface area (Å²) in [6.45, 7) is 10.7. The van der Waals surface area contributed by atoms with E-state index < -0.39 is 7.14 Å². The van der Waals surface area contributed by atoms with Gasteiger partial charge in [0.05, 0.1) is 0 Å². The van der Waals surface area contributed by atoms with Crippen molar-refractivity contribution >= 4 is 23.3 Å². The van der Waals surface area contributed by atoms with Crippen molar-refractivity contribution in [2.45, 2.75) is 47.5 Å². The summed E-state index contributed by atoms with van der Waals surface area (Å²) in [7, 11) is -3.49. The van der Waals surface area contributed by atoms with Crippen LogP contribution in [0.4, 0.5) is 0 Å². The normalized spacial score (nSPS) is 13.4. The Morgan fingerprint density at radius 1 is 0.677 bits per heavy atom. The summed E-state index contributed by atoms with van der Waals surface area (Å²) in [6, 6.07) is 22.9. The Kier molecular flexibility index (Phi) is 7.34. The van der Waals surface area contributed by atoms with E-state index in [0.29, 0.717) is 28.0 Å². The monoisotopic (exact) mass is 432 g/mol. The van der Waals surface area contributed by atoms with E-state index in [-0.39, 0.29) is 5.52 Å². The van der Waals surface area contributed by atoms with E-state index in [0.717, 1.165) is 18.4 Å². The van der Waals surface area contributed by atoms with E-state index in [9.17, 15) is 9.36 Å². The van der Waals surface area contributed by atoms with E-state index in [4.69, 9.17) is 0 Å². The first kappa shape index (κ1) is 23.2. The van der Waals surface area contributed by atoms with Crippen LogP contribution in [-0.4, -0.2) is 5.52 Å². The minimum atomic E-state index is -3.49. The zero-order valence-corrected chi connectivity index (χ0v) is 20.2. The van der Waals surface area contributed by atoms with Crippen LogP contribution in [0.3, 0.4) is 0 Å². The standard InChI is InChI=1S/C28H33O2P/c1-20(2)18-23-8-12-25(13-9-23)28(29)31(30,26-14-6-22(5)7-15-26)27-16-10-24(11-17-27)19-21(3)4/h6-17,20-21H,18-19H2,1-5H3. The number of carbonyl (C=O) groups is 1. The summed E-state index contributed by atoms with van der Waals surface area (Å²) in [6.07, 6.45) is 1.92. The lowest BCUT2D eigenvalue weighted by atomic mass is 10.0. The summed E-state index contributed by atoms with van der Waals surface area (Å²) in [4.78, 5) is 13.7. The molecule has 0 spiro atoms. The second kappa shape index (κ2) is 9.79. The van der Waals surface area contributed by atoms with Gasteiger partial charge in [-0.1, -0.05) is 106 Å². The van der Waals surface area contributed by atoms with Gasteiger partial charge in [0.1, 0.15) is 0 Å². The van der Waals surface area contributed by atoms with Gasteiger partial charge in [0, 0.05) is 16.2 Å². The first-order valence-corrected chi connectivity index (χ1v) is 12.8. The molecular weight excluding hydrogens is 399 g/mol. The third-order valence-electron chi connectivity index (χ3n) is 5.47.